The Morgan fingerprint density at radius 2 is 2.10 bits per heavy atom. The van der Waals surface area contributed by atoms with Gasteiger partial charge in [-0.1, -0.05) is 11.6 Å². The van der Waals surface area contributed by atoms with Crippen LogP contribution in [0.25, 0.3) is 0 Å². The third kappa shape index (κ3) is 3.70. The van der Waals surface area contributed by atoms with Crippen LogP contribution in [0.15, 0.2) is 30.5 Å². The number of amides is 1. The molecule has 4 nitrogen and oxygen atoms in total. The number of halogens is 2. The fourth-order valence-electron chi connectivity index (χ4n) is 1.86. The van der Waals surface area contributed by atoms with E-state index in [2.05, 4.69) is 15.6 Å². The number of hydrogen-bond donors (Lipinski definition) is 2. The maximum absolute atomic E-state index is 13.2. The number of aryl methyl sites for hydroxylation is 1. The van der Waals surface area contributed by atoms with Crippen LogP contribution in [0.4, 0.5) is 15.8 Å². The summed E-state index contributed by atoms with van der Waals surface area (Å²) in [5.41, 5.74) is 2.08. The van der Waals surface area contributed by atoms with Gasteiger partial charge in [0.05, 0.1) is 22.0 Å². The van der Waals surface area contributed by atoms with E-state index < -0.39 is 11.7 Å². The van der Waals surface area contributed by atoms with E-state index in [0.717, 1.165) is 5.69 Å². The maximum atomic E-state index is 13.2. The third-order valence-corrected chi connectivity index (χ3v) is 3.16. The van der Waals surface area contributed by atoms with Crippen LogP contribution in [0.5, 0.6) is 0 Å². The van der Waals surface area contributed by atoms with Crippen LogP contribution in [0.2, 0.25) is 5.02 Å². The second kappa shape index (κ2) is 6.54. The van der Waals surface area contributed by atoms with Gasteiger partial charge in [-0.15, -0.1) is 0 Å². The highest BCUT2D eigenvalue weighted by molar-refractivity contribution is 6.34. The molecular weight excluding hydrogens is 293 g/mol. The second-order valence-corrected chi connectivity index (χ2v) is 4.89. The first-order chi connectivity index (χ1) is 10.0. The molecule has 1 aromatic carbocycles. The predicted molar refractivity (Wildman–Crippen MR) is 82.5 cm³/mol. The SMILES string of the molecule is CCNc1cc(C)ncc1C(=O)Nc1cc(F)ccc1Cl. The van der Waals surface area contributed by atoms with Crippen LogP contribution in [0.3, 0.4) is 0 Å². The molecule has 0 saturated heterocycles. The Balaban J connectivity index is 2.30. The Labute approximate surface area is 127 Å². The van der Waals surface area contributed by atoms with E-state index in [0.29, 0.717) is 17.8 Å². The summed E-state index contributed by atoms with van der Waals surface area (Å²) in [5.74, 6) is -0.866. The summed E-state index contributed by atoms with van der Waals surface area (Å²) < 4.78 is 13.2. The number of nitrogens with zero attached hydrogens (tertiary/aromatic N) is 1. The van der Waals surface area contributed by atoms with Crippen LogP contribution < -0.4 is 10.6 Å². The maximum Gasteiger partial charge on any atom is 0.259 e. The summed E-state index contributed by atoms with van der Waals surface area (Å²) >= 11 is 5.94. The quantitative estimate of drug-likeness (QED) is 0.901. The zero-order valence-electron chi connectivity index (χ0n) is 11.7. The van der Waals surface area contributed by atoms with Gasteiger partial charge in [0, 0.05) is 18.4 Å². The summed E-state index contributed by atoms with van der Waals surface area (Å²) in [5, 5.41) is 5.97. The van der Waals surface area contributed by atoms with Gasteiger partial charge in [-0.25, -0.2) is 4.39 Å². The van der Waals surface area contributed by atoms with E-state index >= 15 is 0 Å². The molecule has 0 aliphatic rings. The van der Waals surface area contributed by atoms with Crippen LogP contribution in [0.1, 0.15) is 23.0 Å². The number of hydrogen-bond acceptors (Lipinski definition) is 3. The first-order valence-electron chi connectivity index (χ1n) is 6.48. The van der Waals surface area contributed by atoms with Crippen molar-refractivity contribution < 1.29 is 9.18 Å². The van der Waals surface area contributed by atoms with Gasteiger partial charge in [0.1, 0.15) is 5.82 Å². The topological polar surface area (TPSA) is 54.0 Å². The standard InChI is InChI=1S/C15H15ClFN3O/c1-3-18-13-6-9(2)19-8-11(13)15(21)20-14-7-10(17)4-5-12(14)16/h4-8H,3H2,1-2H3,(H,18,19)(H,20,21). The molecule has 2 aromatic rings. The van der Waals surface area contributed by atoms with Crippen molar-refractivity contribution in [3.8, 4) is 0 Å². The van der Waals surface area contributed by atoms with E-state index in [1.165, 1.54) is 24.4 Å². The number of nitrogens with one attached hydrogen (secondary N) is 2. The molecule has 0 saturated carbocycles. The van der Waals surface area contributed by atoms with Gasteiger partial charge in [0.25, 0.3) is 5.91 Å². The summed E-state index contributed by atoms with van der Waals surface area (Å²) in [4.78, 5) is 16.4. The monoisotopic (exact) mass is 307 g/mol. The van der Waals surface area contributed by atoms with Crippen molar-refractivity contribution in [3.63, 3.8) is 0 Å². The Hall–Kier alpha value is -2.14. The molecule has 2 N–H and O–H groups in total. The molecule has 1 amide bonds. The van der Waals surface area contributed by atoms with E-state index in [-0.39, 0.29) is 10.7 Å². The Kier molecular flexibility index (Phi) is 4.75. The number of carbonyl (C=O) groups excluding carboxylic acids is 1. The van der Waals surface area contributed by atoms with Crippen molar-refractivity contribution in [1.82, 2.24) is 4.98 Å². The molecule has 0 aliphatic heterocycles. The van der Waals surface area contributed by atoms with Gasteiger partial charge in [-0.3, -0.25) is 9.78 Å². The molecule has 21 heavy (non-hydrogen) atoms. The average Bonchev–Trinajstić information content (AvgIpc) is 2.43. The van der Waals surface area contributed by atoms with Gasteiger partial charge in [-0.2, -0.15) is 0 Å². The minimum atomic E-state index is -0.469. The Morgan fingerprint density at radius 1 is 1.33 bits per heavy atom. The smallest absolute Gasteiger partial charge is 0.259 e. The minimum absolute atomic E-state index is 0.227. The molecule has 110 valence electrons. The largest absolute Gasteiger partial charge is 0.385 e. The van der Waals surface area contributed by atoms with E-state index in [1.807, 2.05) is 13.8 Å². The lowest BCUT2D eigenvalue weighted by molar-refractivity contribution is 0.102. The van der Waals surface area contributed by atoms with Gasteiger partial charge >= 0.3 is 0 Å². The summed E-state index contributed by atoms with van der Waals surface area (Å²) in [6.07, 6.45) is 1.48. The molecule has 0 aliphatic carbocycles. The molecule has 0 radical (unpaired) electrons. The summed E-state index contributed by atoms with van der Waals surface area (Å²) in [6.45, 7) is 4.44. The highest BCUT2D eigenvalue weighted by Gasteiger charge is 2.14. The fourth-order valence-corrected chi connectivity index (χ4v) is 2.03. The zero-order valence-corrected chi connectivity index (χ0v) is 12.5. The molecule has 0 fully saturated rings. The van der Waals surface area contributed by atoms with Gasteiger partial charge in [0.2, 0.25) is 0 Å². The van der Waals surface area contributed by atoms with Crippen molar-refractivity contribution in [2.24, 2.45) is 0 Å². The number of pyridine rings is 1. The molecule has 1 aromatic heterocycles. The van der Waals surface area contributed by atoms with Crippen molar-refractivity contribution >= 4 is 28.9 Å². The minimum Gasteiger partial charge on any atom is -0.385 e. The fraction of sp³-hybridized carbons (Fsp3) is 0.200. The number of carbonyl (C=O) groups is 1. The van der Waals surface area contributed by atoms with E-state index in [9.17, 15) is 9.18 Å². The lowest BCUT2D eigenvalue weighted by Gasteiger charge is -2.12. The first kappa shape index (κ1) is 15.3. The van der Waals surface area contributed by atoms with Gasteiger partial charge in [0.15, 0.2) is 0 Å². The van der Waals surface area contributed by atoms with Crippen molar-refractivity contribution in [2.45, 2.75) is 13.8 Å². The molecule has 0 spiro atoms. The molecular formula is C15H15ClFN3O. The first-order valence-corrected chi connectivity index (χ1v) is 6.86. The average molecular weight is 308 g/mol. The second-order valence-electron chi connectivity index (χ2n) is 4.48. The van der Waals surface area contributed by atoms with Crippen LogP contribution >= 0.6 is 11.6 Å². The highest BCUT2D eigenvalue weighted by atomic mass is 35.5. The third-order valence-electron chi connectivity index (χ3n) is 2.83. The van der Waals surface area contributed by atoms with Crippen LogP contribution in [-0.4, -0.2) is 17.4 Å². The number of anilines is 2. The lowest BCUT2D eigenvalue weighted by Crippen LogP contribution is -2.16. The zero-order chi connectivity index (χ0) is 15.4. The lowest BCUT2D eigenvalue weighted by atomic mass is 10.2. The highest BCUT2D eigenvalue weighted by Crippen LogP contribution is 2.24. The molecule has 1 heterocycles. The van der Waals surface area contributed by atoms with Crippen LogP contribution in [0, 0.1) is 12.7 Å². The van der Waals surface area contributed by atoms with E-state index in [1.54, 1.807) is 6.07 Å². The summed E-state index contributed by atoms with van der Waals surface area (Å²) in [7, 11) is 0. The van der Waals surface area contributed by atoms with Crippen molar-refractivity contribution in [2.75, 3.05) is 17.2 Å². The molecule has 6 heteroatoms. The molecule has 0 bridgehead atoms. The Bertz CT molecular complexity index is 676. The van der Waals surface area contributed by atoms with Crippen molar-refractivity contribution in [1.29, 1.82) is 0 Å². The predicted octanol–water partition coefficient (Wildman–Crippen LogP) is 3.87. The number of rotatable bonds is 4. The normalized spacial score (nSPS) is 10.3. The molecule has 0 atom stereocenters. The van der Waals surface area contributed by atoms with Gasteiger partial charge < -0.3 is 10.6 Å². The molecule has 2 rings (SSSR count). The van der Waals surface area contributed by atoms with Gasteiger partial charge in [-0.05, 0) is 38.1 Å². The molecule has 0 unspecified atom stereocenters. The Morgan fingerprint density at radius 3 is 2.81 bits per heavy atom. The number of benzene rings is 1. The summed E-state index contributed by atoms with van der Waals surface area (Å²) in [6, 6.07) is 5.58. The van der Waals surface area contributed by atoms with Crippen LogP contribution in [-0.2, 0) is 0 Å². The number of aromatic nitrogens is 1. The van der Waals surface area contributed by atoms with Crippen molar-refractivity contribution in [3.05, 3.63) is 52.6 Å². The van der Waals surface area contributed by atoms with E-state index in [4.69, 9.17) is 11.6 Å².